The van der Waals surface area contributed by atoms with Crippen molar-refractivity contribution < 1.29 is 4.74 Å². The molecule has 0 amide bonds. The van der Waals surface area contributed by atoms with Gasteiger partial charge in [0.15, 0.2) is 0 Å². The summed E-state index contributed by atoms with van der Waals surface area (Å²) in [5.41, 5.74) is 5.71. The molecule has 0 aromatic heterocycles. The quantitative estimate of drug-likeness (QED) is 0.926. The lowest BCUT2D eigenvalue weighted by Gasteiger charge is -2.26. The summed E-state index contributed by atoms with van der Waals surface area (Å²) >= 11 is 0. The lowest BCUT2D eigenvalue weighted by atomic mass is 9.87. The van der Waals surface area contributed by atoms with E-state index in [-0.39, 0.29) is 0 Å². The van der Waals surface area contributed by atoms with Gasteiger partial charge in [-0.1, -0.05) is 42.5 Å². The molecular weight excluding hydrogens is 258 g/mol. The summed E-state index contributed by atoms with van der Waals surface area (Å²) in [5, 5.41) is 3.55. The molecule has 0 fully saturated rings. The number of fused-ring (bicyclic) bond motifs is 2. The smallest absolute Gasteiger partial charge is 0.127 e. The molecule has 2 unspecified atom stereocenters. The molecule has 1 aliphatic heterocycles. The molecule has 0 radical (unpaired) electrons. The van der Waals surface area contributed by atoms with E-state index in [9.17, 15) is 0 Å². The van der Waals surface area contributed by atoms with E-state index in [0.717, 1.165) is 18.8 Å². The fourth-order valence-corrected chi connectivity index (χ4v) is 4.00. The number of rotatable bonds is 3. The Morgan fingerprint density at radius 2 is 1.90 bits per heavy atom. The second-order valence-corrected chi connectivity index (χ2v) is 6.04. The van der Waals surface area contributed by atoms with Crippen molar-refractivity contribution in [3.8, 4) is 5.75 Å². The van der Waals surface area contributed by atoms with Crippen LogP contribution in [0.2, 0.25) is 0 Å². The van der Waals surface area contributed by atoms with E-state index in [1.54, 1.807) is 0 Å². The predicted molar refractivity (Wildman–Crippen MR) is 84.9 cm³/mol. The average molecular weight is 279 g/mol. The molecule has 1 aliphatic carbocycles. The molecule has 2 atom stereocenters. The summed E-state index contributed by atoms with van der Waals surface area (Å²) in [5.74, 6) is 1.67. The highest BCUT2D eigenvalue weighted by Gasteiger charge is 2.32. The monoisotopic (exact) mass is 279 g/mol. The molecular formula is C19H21NO. The van der Waals surface area contributed by atoms with E-state index < -0.39 is 0 Å². The maximum Gasteiger partial charge on any atom is 0.127 e. The van der Waals surface area contributed by atoms with Crippen molar-refractivity contribution in [3.05, 3.63) is 64.7 Å². The molecule has 0 saturated heterocycles. The molecule has 2 heteroatoms. The van der Waals surface area contributed by atoms with Gasteiger partial charge in [0.25, 0.3) is 0 Å². The van der Waals surface area contributed by atoms with Crippen LogP contribution in [0.1, 0.15) is 40.6 Å². The number of hydrogen-bond acceptors (Lipinski definition) is 2. The molecule has 0 bridgehead atoms. The Balaban J connectivity index is 1.75. The molecule has 0 saturated carbocycles. The van der Waals surface area contributed by atoms with Gasteiger partial charge in [0, 0.05) is 23.9 Å². The number of aryl methyl sites for hydroxylation is 1. The van der Waals surface area contributed by atoms with Gasteiger partial charge in [-0.3, -0.25) is 0 Å². The Kier molecular flexibility index (Phi) is 3.19. The first kappa shape index (κ1) is 12.9. The van der Waals surface area contributed by atoms with Crippen molar-refractivity contribution in [2.75, 3.05) is 13.7 Å². The highest BCUT2D eigenvalue weighted by atomic mass is 16.5. The topological polar surface area (TPSA) is 21.3 Å². The van der Waals surface area contributed by atoms with Gasteiger partial charge < -0.3 is 10.1 Å². The molecule has 4 rings (SSSR count). The van der Waals surface area contributed by atoms with Crippen molar-refractivity contribution in [2.24, 2.45) is 0 Å². The van der Waals surface area contributed by atoms with Gasteiger partial charge in [-0.15, -0.1) is 0 Å². The van der Waals surface area contributed by atoms with Crippen LogP contribution in [0.15, 0.2) is 42.5 Å². The molecule has 108 valence electrons. The number of benzene rings is 2. The summed E-state index contributed by atoms with van der Waals surface area (Å²) in [7, 11) is 2.07. The molecule has 21 heavy (non-hydrogen) atoms. The van der Waals surface area contributed by atoms with Crippen molar-refractivity contribution in [1.29, 1.82) is 0 Å². The van der Waals surface area contributed by atoms with Crippen molar-refractivity contribution in [3.63, 3.8) is 0 Å². The van der Waals surface area contributed by atoms with E-state index in [2.05, 4.69) is 54.8 Å². The third kappa shape index (κ3) is 2.06. The van der Waals surface area contributed by atoms with Crippen LogP contribution in [0.3, 0.4) is 0 Å². The summed E-state index contributed by atoms with van der Waals surface area (Å²) in [6.45, 7) is 0.823. The second kappa shape index (κ2) is 5.19. The average Bonchev–Trinajstić information content (AvgIpc) is 3.15. The lowest BCUT2D eigenvalue weighted by molar-refractivity contribution is 0.345. The van der Waals surface area contributed by atoms with Crippen LogP contribution in [-0.2, 0) is 12.8 Å². The van der Waals surface area contributed by atoms with Crippen LogP contribution in [0.5, 0.6) is 5.75 Å². The molecule has 1 heterocycles. The maximum absolute atomic E-state index is 5.92. The number of hydrogen-bond donors (Lipinski definition) is 1. The molecule has 2 aromatic carbocycles. The number of para-hydroxylation sites is 1. The minimum Gasteiger partial charge on any atom is -0.493 e. The third-order valence-electron chi connectivity index (χ3n) is 4.97. The zero-order valence-electron chi connectivity index (χ0n) is 12.4. The summed E-state index contributed by atoms with van der Waals surface area (Å²) in [4.78, 5) is 0. The fourth-order valence-electron chi connectivity index (χ4n) is 4.00. The number of ether oxygens (including phenoxy) is 1. The Morgan fingerprint density at radius 3 is 2.81 bits per heavy atom. The Hall–Kier alpha value is -1.80. The molecule has 2 aliphatic rings. The summed E-state index contributed by atoms with van der Waals surface area (Å²) in [6, 6.07) is 15.8. The number of likely N-dealkylation sites (N-methyl/N-ethyl adjacent to an activating group) is 1. The number of nitrogens with one attached hydrogen (secondary N) is 1. The lowest BCUT2D eigenvalue weighted by Crippen LogP contribution is -2.23. The van der Waals surface area contributed by atoms with Crippen LogP contribution in [0, 0.1) is 0 Å². The van der Waals surface area contributed by atoms with Gasteiger partial charge in [-0.25, -0.2) is 0 Å². The third-order valence-corrected chi connectivity index (χ3v) is 4.97. The molecule has 2 nitrogen and oxygen atoms in total. The van der Waals surface area contributed by atoms with Crippen LogP contribution in [-0.4, -0.2) is 13.7 Å². The first-order valence-electron chi connectivity index (χ1n) is 7.88. The molecule has 2 aromatic rings. The highest BCUT2D eigenvalue weighted by Crippen LogP contribution is 2.45. The second-order valence-electron chi connectivity index (χ2n) is 6.04. The van der Waals surface area contributed by atoms with E-state index >= 15 is 0 Å². The van der Waals surface area contributed by atoms with Crippen LogP contribution >= 0.6 is 0 Å². The van der Waals surface area contributed by atoms with Gasteiger partial charge >= 0.3 is 0 Å². The van der Waals surface area contributed by atoms with E-state index in [1.165, 1.54) is 35.1 Å². The Morgan fingerprint density at radius 1 is 1.05 bits per heavy atom. The maximum atomic E-state index is 5.92. The Bertz CT molecular complexity index is 664. The zero-order valence-corrected chi connectivity index (χ0v) is 12.4. The Labute approximate surface area is 126 Å². The highest BCUT2D eigenvalue weighted by molar-refractivity contribution is 5.48. The molecule has 1 N–H and O–H groups in total. The SMILES string of the molecule is CNC(c1cccc2c1OCC2)C1CCc2ccccc21. The van der Waals surface area contributed by atoms with Gasteiger partial charge in [0.1, 0.15) is 5.75 Å². The minimum absolute atomic E-state index is 0.335. The predicted octanol–water partition coefficient (Wildman–Crippen LogP) is 3.61. The van der Waals surface area contributed by atoms with Gasteiger partial charge in [-0.05, 0) is 36.6 Å². The van der Waals surface area contributed by atoms with Crippen molar-refractivity contribution >= 4 is 0 Å². The van der Waals surface area contributed by atoms with E-state index in [1.807, 2.05) is 0 Å². The standard InChI is InChI=1S/C19H21NO/c1-20-18(16-10-9-13-5-2-3-7-15(13)16)17-8-4-6-14-11-12-21-19(14)17/h2-8,16,18,20H,9-12H2,1H3. The van der Waals surface area contributed by atoms with Crippen LogP contribution in [0.25, 0.3) is 0 Å². The minimum atomic E-state index is 0.335. The molecule has 0 spiro atoms. The van der Waals surface area contributed by atoms with E-state index in [0.29, 0.717) is 12.0 Å². The largest absolute Gasteiger partial charge is 0.493 e. The van der Waals surface area contributed by atoms with Gasteiger partial charge in [-0.2, -0.15) is 0 Å². The summed E-state index contributed by atoms with van der Waals surface area (Å²) < 4.78 is 5.92. The first-order valence-corrected chi connectivity index (χ1v) is 7.88. The normalized spacial score (nSPS) is 20.7. The van der Waals surface area contributed by atoms with Crippen molar-refractivity contribution in [1.82, 2.24) is 5.32 Å². The van der Waals surface area contributed by atoms with Crippen LogP contribution < -0.4 is 10.1 Å². The van der Waals surface area contributed by atoms with Gasteiger partial charge in [0.2, 0.25) is 0 Å². The van der Waals surface area contributed by atoms with E-state index in [4.69, 9.17) is 4.74 Å². The zero-order chi connectivity index (χ0) is 14.2. The summed E-state index contributed by atoms with van der Waals surface area (Å²) in [6.07, 6.45) is 3.45. The fraction of sp³-hybridized carbons (Fsp3) is 0.368. The first-order chi connectivity index (χ1) is 10.4. The van der Waals surface area contributed by atoms with Crippen LogP contribution in [0.4, 0.5) is 0 Å². The van der Waals surface area contributed by atoms with Gasteiger partial charge in [0.05, 0.1) is 6.61 Å². The van der Waals surface area contributed by atoms with Crippen molar-refractivity contribution in [2.45, 2.75) is 31.2 Å².